The molecule has 3 N–H and O–H groups in total. The number of anilines is 2. The highest BCUT2D eigenvalue weighted by Crippen LogP contribution is 2.29. The average molecular weight is 483 g/mol. The van der Waals surface area contributed by atoms with Crippen molar-refractivity contribution in [3.8, 4) is 5.88 Å². The van der Waals surface area contributed by atoms with E-state index in [1.54, 1.807) is 48.7 Å². The first-order chi connectivity index (χ1) is 17.5. The van der Waals surface area contributed by atoms with Crippen LogP contribution in [0.2, 0.25) is 0 Å². The van der Waals surface area contributed by atoms with E-state index in [1.807, 2.05) is 24.3 Å². The predicted octanol–water partition coefficient (Wildman–Crippen LogP) is 4.65. The second-order valence-electron chi connectivity index (χ2n) is 8.61. The molecule has 0 bridgehead atoms. The number of aromatic nitrogens is 1. The van der Waals surface area contributed by atoms with Crippen LogP contribution >= 0.6 is 0 Å². The molecule has 1 aliphatic heterocycles. The minimum atomic E-state index is -0.204. The number of carbonyl (C=O) groups is 2. The van der Waals surface area contributed by atoms with Gasteiger partial charge in [0.15, 0.2) is 11.7 Å². The molecule has 0 spiro atoms. The number of benzene rings is 3. The lowest BCUT2D eigenvalue weighted by Crippen LogP contribution is -2.36. The van der Waals surface area contributed by atoms with Crippen LogP contribution in [-0.2, 0) is 9.53 Å². The number of carbonyl (C=O) groups excluding carboxylic acids is 2. The Balaban J connectivity index is 1.36. The zero-order valence-electron chi connectivity index (χ0n) is 19.8. The molecule has 8 nitrogen and oxygen atoms in total. The van der Waals surface area contributed by atoms with Gasteiger partial charge in [0.2, 0.25) is 5.91 Å². The fraction of sp³-hybridized carbons (Fsp3) is 0.179. The number of ether oxygens (including phenoxy) is 1. The summed E-state index contributed by atoms with van der Waals surface area (Å²) >= 11 is 0. The second-order valence-corrected chi connectivity index (χ2v) is 8.61. The molecular formula is C28H26N4O4. The van der Waals surface area contributed by atoms with E-state index in [-0.39, 0.29) is 17.6 Å². The number of aliphatic imine (C=N–C) groups is 1. The average Bonchev–Trinajstić information content (AvgIpc) is 3.21. The first-order valence-electron chi connectivity index (χ1n) is 11.7. The maximum atomic E-state index is 13.0. The van der Waals surface area contributed by atoms with Gasteiger partial charge in [0.1, 0.15) is 0 Å². The minimum Gasteiger partial charge on any atom is -0.494 e. The van der Waals surface area contributed by atoms with E-state index in [0.29, 0.717) is 27.9 Å². The molecule has 1 saturated heterocycles. The highest BCUT2D eigenvalue weighted by atomic mass is 16.5. The van der Waals surface area contributed by atoms with Gasteiger partial charge in [0.05, 0.1) is 24.5 Å². The number of aromatic hydroxyl groups is 1. The molecule has 5 rings (SSSR count). The van der Waals surface area contributed by atoms with Crippen molar-refractivity contribution in [2.75, 3.05) is 36.5 Å². The molecule has 0 unspecified atom stereocenters. The highest BCUT2D eigenvalue weighted by molar-refractivity contribution is 6.12. The SMILES string of the molecule is CC(=O)Nc1cccc(C(=O)c2ccc3c(C=Nc4ccc(N5CCOCC5)cc4)c(O)[nH]c3c2)c1. The fourth-order valence-corrected chi connectivity index (χ4v) is 4.30. The van der Waals surface area contributed by atoms with Crippen LogP contribution in [-0.4, -0.2) is 54.3 Å². The lowest BCUT2D eigenvalue weighted by molar-refractivity contribution is -0.114. The van der Waals surface area contributed by atoms with Crippen LogP contribution in [0.15, 0.2) is 71.7 Å². The summed E-state index contributed by atoms with van der Waals surface area (Å²) in [7, 11) is 0. The third kappa shape index (κ3) is 4.99. The number of fused-ring (bicyclic) bond motifs is 1. The summed E-state index contributed by atoms with van der Waals surface area (Å²) < 4.78 is 5.41. The van der Waals surface area contributed by atoms with Crippen LogP contribution in [0.3, 0.4) is 0 Å². The molecule has 0 atom stereocenters. The summed E-state index contributed by atoms with van der Waals surface area (Å²) in [6.45, 7) is 4.63. The van der Waals surface area contributed by atoms with Gasteiger partial charge in [-0.25, -0.2) is 0 Å². The maximum absolute atomic E-state index is 13.0. The van der Waals surface area contributed by atoms with Crippen molar-refractivity contribution >= 4 is 45.9 Å². The van der Waals surface area contributed by atoms with Crippen LogP contribution in [0.5, 0.6) is 5.88 Å². The molecule has 0 radical (unpaired) electrons. The van der Waals surface area contributed by atoms with E-state index in [1.165, 1.54) is 6.92 Å². The van der Waals surface area contributed by atoms with Gasteiger partial charge in [-0.1, -0.05) is 24.3 Å². The van der Waals surface area contributed by atoms with Crippen LogP contribution in [0.4, 0.5) is 17.1 Å². The van der Waals surface area contributed by atoms with Crippen LogP contribution in [0, 0.1) is 0 Å². The van der Waals surface area contributed by atoms with E-state index in [0.717, 1.165) is 43.1 Å². The Morgan fingerprint density at radius 2 is 1.78 bits per heavy atom. The number of nitrogens with zero attached hydrogens (tertiary/aromatic N) is 2. The van der Waals surface area contributed by atoms with Crippen LogP contribution in [0.25, 0.3) is 10.9 Å². The zero-order chi connectivity index (χ0) is 25.1. The van der Waals surface area contributed by atoms with Crippen molar-refractivity contribution in [3.63, 3.8) is 0 Å². The Bertz CT molecular complexity index is 1450. The van der Waals surface area contributed by atoms with Crippen LogP contribution in [0.1, 0.15) is 28.4 Å². The Morgan fingerprint density at radius 1 is 1.03 bits per heavy atom. The first-order valence-corrected chi connectivity index (χ1v) is 11.7. The maximum Gasteiger partial charge on any atom is 0.221 e. The summed E-state index contributed by atoms with van der Waals surface area (Å²) in [5, 5.41) is 13.9. The Labute approximate surface area is 208 Å². The monoisotopic (exact) mass is 482 g/mol. The lowest BCUT2D eigenvalue weighted by Gasteiger charge is -2.28. The van der Waals surface area contributed by atoms with Crippen molar-refractivity contribution in [2.24, 2.45) is 4.99 Å². The normalized spacial score (nSPS) is 13.9. The number of aromatic amines is 1. The van der Waals surface area contributed by atoms with Crippen molar-refractivity contribution < 1.29 is 19.4 Å². The number of ketones is 1. The third-order valence-corrected chi connectivity index (χ3v) is 6.09. The Hall–Kier alpha value is -4.43. The van der Waals surface area contributed by atoms with E-state index in [4.69, 9.17) is 4.74 Å². The van der Waals surface area contributed by atoms with Gasteiger partial charge in [-0.05, 0) is 42.5 Å². The number of nitrogens with one attached hydrogen (secondary N) is 2. The second kappa shape index (κ2) is 10.1. The third-order valence-electron chi connectivity index (χ3n) is 6.09. The molecule has 2 heterocycles. The van der Waals surface area contributed by atoms with E-state index >= 15 is 0 Å². The van der Waals surface area contributed by atoms with Gasteiger partial charge in [-0.3, -0.25) is 14.6 Å². The molecule has 182 valence electrons. The zero-order valence-corrected chi connectivity index (χ0v) is 19.8. The van der Waals surface area contributed by atoms with Gasteiger partial charge in [-0.15, -0.1) is 0 Å². The van der Waals surface area contributed by atoms with Crippen LogP contribution < -0.4 is 10.2 Å². The largest absolute Gasteiger partial charge is 0.494 e. The summed E-state index contributed by atoms with van der Waals surface area (Å²) in [6.07, 6.45) is 1.62. The number of rotatable bonds is 6. The number of amides is 1. The lowest BCUT2D eigenvalue weighted by atomic mass is 10.0. The van der Waals surface area contributed by atoms with E-state index in [2.05, 4.69) is 20.2 Å². The number of H-pyrrole nitrogens is 1. The van der Waals surface area contributed by atoms with E-state index in [9.17, 15) is 14.7 Å². The smallest absolute Gasteiger partial charge is 0.221 e. The van der Waals surface area contributed by atoms with Gasteiger partial charge in [0.25, 0.3) is 0 Å². The summed E-state index contributed by atoms with van der Waals surface area (Å²) in [4.78, 5) is 34.1. The molecule has 3 aromatic carbocycles. The molecule has 0 saturated carbocycles. The van der Waals surface area contributed by atoms with Crippen molar-refractivity contribution in [1.82, 2.24) is 4.98 Å². The van der Waals surface area contributed by atoms with Gasteiger partial charge < -0.3 is 25.0 Å². The molecular weight excluding hydrogens is 456 g/mol. The van der Waals surface area contributed by atoms with Crippen molar-refractivity contribution in [3.05, 3.63) is 83.4 Å². The predicted molar refractivity (Wildman–Crippen MR) is 141 cm³/mol. The molecule has 4 aromatic rings. The number of hydrogen-bond donors (Lipinski definition) is 3. The van der Waals surface area contributed by atoms with Gasteiger partial charge in [-0.2, -0.15) is 0 Å². The summed E-state index contributed by atoms with van der Waals surface area (Å²) in [5.41, 5.74) is 4.56. The molecule has 0 aliphatic carbocycles. The topological polar surface area (TPSA) is 107 Å². The van der Waals surface area contributed by atoms with Crippen molar-refractivity contribution in [1.29, 1.82) is 0 Å². The standard InChI is InChI=1S/C28H26N4O4/c1-18(33)30-22-4-2-3-19(15-22)27(34)20-5-10-24-25(28(35)31-26(24)16-20)17-29-21-6-8-23(9-7-21)32-11-13-36-14-12-32/h2-10,15-17,31,35H,11-14H2,1H3,(H,30,33). The van der Waals surface area contributed by atoms with Gasteiger partial charge in [0, 0.05) is 59.6 Å². The highest BCUT2D eigenvalue weighted by Gasteiger charge is 2.15. The van der Waals surface area contributed by atoms with E-state index < -0.39 is 0 Å². The minimum absolute atomic E-state index is 0.0176. The first kappa shape index (κ1) is 23.3. The molecule has 1 amide bonds. The Kier molecular flexibility index (Phi) is 6.51. The number of hydrogen-bond acceptors (Lipinski definition) is 6. The fourth-order valence-electron chi connectivity index (χ4n) is 4.30. The molecule has 1 aliphatic rings. The summed E-state index contributed by atoms with van der Waals surface area (Å²) in [6, 6.07) is 20.0. The quantitative estimate of drug-likeness (QED) is 0.274. The Morgan fingerprint density at radius 3 is 2.53 bits per heavy atom. The van der Waals surface area contributed by atoms with Crippen molar-refractivity contribution in [2.45, 2.75) is 6.92 Å². The molecule has 1 fully saturated rings. The molecule has 1 aromatic heterocycles. The molecule has 36 heavy (non-hydrogen) atoms. The summed E-state index contributed by atoms with van der Waals surface area (Å²) in [5.74, 6) is -0.408. The number of morpholine rings is 1. The van der Waals surface area contributed by atoms with Gasteiger partial charge >= 0.3 is 0 Å². The molecule has 8 heteroatoms.